The van der Waals surface area contributed by atoms with E-state index in [1.807, 2.05) is 12.1 Å². The van der Waals surface area contributed by atoms with Crippen LogP contribution in [0.4, 0.5) is 5.69 Å². The number of methoxy groups -OCH3 is 2. The molecule has 0 aromatic heterocycles. The van der Waals surface area contributed by atoms with Crippen molar-refractivity contribution in [1.29, 1.82) is 0 Å². The lowest BCUT2D eigenvalue weighted by Crippen LogP contribution is -2.18. The quantitative estimate of drug-likeness (QED) is 0.868. The van der Waals surface area contributed by atoms with Crippen LogP contribution < -0.4 is 14.8 Å². The van der Waals surface area contributed by atoms with Crippen molar-refractivity contribution in [3.05, 3.63) is 53.6 Å². The van der Waals surface area contributed by atoms with E-state index in [1.165, 1.54) is 16.8 Å². The number of aryl methyl sites for hydroxylation is 1. The van der Waals surface area contributed by atoms with Crippen LogP contribution in [0.15, 0.2) is 42.5 Å². The molecule has 0 heterocycles. The van der Waals surface area contributed by atoms with E-state index in [0.29, 0.717) is 6.04 Å². The van der Waals surface area contributed by atoms with Crippen LogP contribution in [0.2, 0.25) is 0 Å². The van der Waals surface area contributed by atoms with Gasteiger partial charge in [-0.15, -0.1) is 0 Å². The predicted octanol–water partition coefficient (Wildman–Crippen LogP) is 4.06. The van der Waals surface area contributed by atoms with Gasteiger partial charge in [0.15, 0.2) is 11.5 Å². The molecule has 0 spiro atoms. The first kappa shape index (κ1) is 15.2. The Morgan fingerprint density at radius 3 is 2.38 bits per heavy atom. The minimum Gasteiger partial charge on any atom is -0.493 e. The van der Waals surface area contributed by atoms with Crippen LogP contribution in [0.1, 0.15) is 18.1 Å². The molecular formula is C18H23NO2. The standard InChI is InChI=1S/C18H23NO2/c1-13-7-5-6-8-16(13)19-14(2)11-15-9-10-17(20-3)18(12-15)21-4/h5-10,12,14,19H,11H2,1-4H3. The summed E-state index contributed by atoms with van der Waals surface area (Å²) in [6.07, 6.45) is 0.925. The van der Waals surface area contributed by atoms with Crippen LogP contribution in [-0.2, 0) is 6.42 Å². The minimum absolute atomic E-state index is 0.337. The lowest BCUT2D eigenvalue weighted by molar-refractivity contribution is 0.354. The molecule has 1 N–H and O–H groups in total. The van der Waals surface area contributed by atoms with Gasteiger partial charge in [-0.3, -0.25) is 0 Å². The van der Waals surface area contributed by atoms with Crippen LogP contribution in [0.25, 0.3) is 0 Å². The second-order valence-electron chi connectivity index (χ2n) is 5.25. The highest BCUT2D eigenvalue weighted by molar-refractivity contribution is 5.51. The van der Waals surface area contributed by atoms with Gasteiger partial charge < -0.3 is 14.8 Å². The Morgan fingerprint density at radius 2 is 1.71 bits per heavy atom. The highest BCUT2D eigenvalue weighted by Crippen LogP contribution is 2.28. The first-order chi connectivity index (χ1) is 10.1. The molecule has 2 rings (SSSR count). The summed E-state index contributed by atoms with van der Waals surface area (Å²) in [6.45, 7) is 4.30. The van der Waals surface area contributed by atoms with Gasteiger partial charge in [-0.1, -0.05) is 24.3 Å². The molecule has 0 aliphatic carbocycles. The zero-order valence-corrected chi connectivity index (χ0v) is 13.1. The van der Waals surface area contributed by atoms with Gasteiger partial charge in [0.2, 0.25) is 0 Å². The van der Waals surface area contributed by atoms with Crippen molar-refractivity contribution >= 4 is 5.69 Å². The van der Waals surface area contributed by atoms with Crippen molar-refractivity contribution in [3.8, 4) is 11.5 Å². The van der Waals surface area contributed by atoms with E-state index in [9.17, 15) is 0 Å². The minimum atomic E-state index is 0.337. The van der Waals surface area contributed by atoms with Gasteiger partial charge in [0.05, 0.1) is 14.2 Å². The molecule has 0 saturated carbocycles. The molecule has 0 aliphatic rings. The molecule has 2 aromatic carbocycles. The van der Waals surface area contributed by atoms with E-state index in [4.69, 9.17) is 9.47 Å². The average Bonchev–Trinajstić information content (AvgIpc) is 2.49. The van der Waals surface area contributed by atoms with E-state index in [2.05, 4.69) is 49.5 Å². The fraction of sp³-hybridized carbons (Fsp3) is 0.333. The summed E-state index contributed by atoms with van der Waals surface area (Å²) in [5.41, 5.74) is 3.67. The van der Waals surface area contributed by atoms with Gasteiger partial charge >= 0.3 is 0 Å². The fourth-order valence-corrected chi connectivity index (χ4v) is 2.41. The number of para-hydroxylation sites is 1. The van der Waals surface area contributed by atoms with Crippen LogP contribution in [0.3, 0.4) is 0 Å². The van der Waals surface area contributed by atoms with Crippen LogP contribution in [0, 0.1) is 6.92 Å². The molecular weight excluding hydrogens is 262 g/mol. The Morgan fingerprint density at radius 1 is 1.00 bits per heavy atom. The maximum Gasteiger partial charge on any atom is 0.160 e. The second-order valence-corrected chi connectivity index (χ2v) is 5.25. The van der Waals surface area contributed by atoms with Crippen molar-refractivity contribution in [2.45, 2.75) is 26.3 Å². The second kappa shape index (κ2) is 7.02. The summed E-state index contributed by atoms with van der Waals surface area (Å²) in [6, 6.07) is 14.7. The van der Waals surface area contributed by atoms with Crippen LogP contribution in [0.5, 0.6) is 11.5 Å². The summed E-state index contributed by atoms with van der Waals surface area (Å²) < 4.78 is 10.6. The predicted molar refractivity (Wildman–Crippen MR) is 87.5 cm³/mol. The number of nitrogens with one attached hydrogen (secondary N) is 1. The Bertz CT molecular complexity index is 596. The first-order valence-corrected chi connectivity index (χ1v) is 7.17. The van der Waals surface area contributed by atoms with Crippen LogP contribution >= 0.6 is 0 Å². The Balaban J connectivity index is 2.06. The zero-order valence-electron chi connectivity index (χ0n) is 13.1. The number of ether oxygens (including phenoxy) is 2. The molecule has 0 radical (unpaired) electrons. The first-order valence-electron chi connectivity index (χ1n) is 7.17. The zero-order chi connectivity index (χ0) is 15.2. The summed E-state index contributed by atoms with van der Waals surface area (Å²) in [5.74, 6) is 1.54. The van der Waals surface area contributed by atoms with Crippen molar-refractivity contribution in [2.24, 2.45) is 0 Å². The van der Waals surface area contributed by atoms with E-state index in [1.54, 1.807) is 14.2 Å². The van der Waals surface area contributed by atoms with E-state index in [-0.39, 0.29) is 0 Å². The molecule has 0 aliphatic heterocycles. The van der Waals surface area contributed by atoms with Gasteiger partial charge in [-0.05, 0) is 49.6 Å². The van der Waals surface area contributed by atoms with Crippen LogP contribution in [-0.4, -0.2) is 20.3 Å². The summed E-state index contributed by atoms with van der Waals surface area (Å²) >= 11 is 0. The Labute approximate surface area is 126 Å². The lowest BCUT2D eigenvalue weighted by atomic mass is 10.1. The van der Waals surface area contributed by atoms with Crippen molar-refractivity contribution in [3.63, 3.8) is 0 Å². The maximum absolute atomic E-state index is 5.35. The van der Waals surface area contributed by atoms with Crippen molar-refractivity contribution in [2.75, 3.05) is 19.5 Å². The smallest absolute Gasteiger partial charge is 0.160 e. The fourth-order valence-electron chi connectivity index (χ4n) is 2.41. The van der Waals surface area contributed by atoms with E-state index < -0.39 is 0 Å². The third-order valence-corrected chi connectivity index (χ3v) is 3.54. The van der Waals surface area contributed by atoms with Gasteiger partial charge in [0.25, 0.3) is 0 Å². The average molecular weight is 285 g/mol. The molecule has 0 saturated heterocycles. The molecule has 3 nitrogen and oxygen atoms in total. The molecule has 0 bridgehead atoms. The summed E-state index contributed by atoms with van der Waals surface area (Å²) in [5, 5.41) is 3.55. The molecule has 1 atom stereocenters. The largest absolute Gasteiger partial charge is 0.493 e. The van der Waals surface area contributed by atoms with Gasteiger partial charge in [0.1, 0.15) is 0 Å². The molecule has 21 heavy (non-hydrogen) atoms. The highest BCUT2D eigenvalue weighted by Gasteiger charge is 2.09. The third-order valence-electron chi connectivity index (χ3n) is 3.54. The molecule has 2 aromatic rings. The number of rotatable bonds is 6. The maximum atomic E-state index is 5.35. The summed E-state index contributed by atoms with van der Waals surface area (Å²) in [7, 11) is 3.32. The van der Waals surface area contributed by atoms with Gasteiger partial charge in [-0.2, -0.15) is 0 Å². The van der Waals surface area contributed by atoms with Gasteiger partial charge in [0, 0.05) is 11.7 Å². The number of anilines is 1. The van der Waals surface area contributed by atoms with Gasteiger partial charge in [-0.25, -0.2) is 0 Å². The number of hydrogen-bond acceptors (Lipinski definition) is 3. The van der Waals surface area contributed by atoms with E-state index in [0.717, 1.165) is 17.9 Å². The SMILES string of the molecule is COc1ccc(CC(C)Nc2ccccc2C)cc1OC. The normalized spacial score (nSPS) is 11.8. The Kier molecular flexibility index (Phi) is 5.09. The number of hydrogen-bond donors (Lipinski definition) is 1. The third kappa shape index (κ3) is 3.91. The van der Waals surface area contributed by atoms with Crippen molar-refractivity contribution < 1.29 is 9.47 Å². The molecule has 112 valence electrons. The van der Waals surface area contributed by atoms with Crippen molar-refractivity contribution in [1.82, 2.24) is 0 Å². The molecule has 0 fully saturated rings. The topological polar surface area (TPSA) is 30.5 Å². The van der Waals surface area contributed by atoms with E-state index >= 15 is 0 Å². The molecule has 3 heteroatoms. The monoisotopic (exact) mass is 285 g/mol. The molecule has 0 amide bonds. The highest BCUT2D eigenvalue weighted by atomic mass is 16.5. The molecule has 1 unspecified atom stereocenters. The number of benzene rings is 2. The lowest BCUT2D eigenvalue weighted by Gasteiger charge is -2.18. The Hall–Kier alpha value is -2.16. The summed E-state index contributed by atoms with van der Waals surface area (Å²) in [4.78, 5) is 0.